The van der Waals surface area contributed by atoms with Crippen LogP contribution >= 0.6 is 23.4 Å². The standard InChI is InChI=1S/C13H14ClN3S/c1-8-9(2)16-17-13(12(8)7-15)18-11-5-3-10(14)4-6-11/h3-6H,7,15H2,1-2H3. The van der Waals surface area contributed by atoms with Gasteiger partial charge in [0.05, 0.1) is 5.69 Å². The van der Waals surface area contributed by atoms with Gasteiger partial charge in [-0.3, -0.25) is 0 Å². The molecule has 2 N–H and O–H groups in total. The first-order chi connectivity index (χ1) is 8.61. The number of nitrogens with zero attached hydrogens (tertiary/aromatic N) is 2. The van der Waals surface area contributed by atoms with Gasteiger partial charge in [0.25, 0.3) is 0 Å². The maximum Gasteiger partial charge on any atom is 0.128 e. The Labute approximate surface area is 116 Å². The zero-order valence-electron chi connectivity index (χ0n) is 10.3. The number of benzene rings is 1. The number of aryl methyl sites for hydroxylation is 1. The second-order valence-electron chi connectivity index (χ2n) is 3.95. The van der Waals surface area contributed by atoms with Gasteiger partial charge >= 0.3 is 0 Å². The lowest BCUT2D eigenvalue weighted by atomic mass is 10.1. The summed E-state index contributed by atoms with van der Waals surface area (Å²) in [4.78, 5) is 1.08. The van der Waals surface area contributed by atoms with Crippen molar-refractivity contribution in [3.05, 3.63) is 46.1 Å². The monoisotopic (exact) mass is 279 g/mol. The summed E-state index contributed by atoms with van der Waals surface area (Å²) in [6.45, 7) is 4.44. The summed E-state index contributed by atoms with van der Waals surface area (Å²) in [5.41, 5.74) is 8.90. The summed E-state index contributed by atoms with van der Waals surface area (Å²) < 4.78 is 0. The lowest BCUT2D eigenvalue weighted by Gasteiger charge is -2.10. The van der Waals surface area contributed by atoms with Crippen LogP contribution in [0.25, 0.3) is 0 Å². The minimum absolute atomic E-state index is 0.470. The Morgan fingerprint density at radius 1 is 1.17 bits per heavy atom. The van der Waals surface area contributed by atoms with E-state index < -0.39 is 0 Å². The second kappa shape index (κ2) is 5.69. The van der Waals surface area contributed by atoms with Crippen molar-refractivity contribution in [2.45, 2.75) is 30.3 Å². The van der Waals surface area contributed by atoms with Crippen molar-refractivity contribution < 1.29 is 0 Å². The van der Waals surface area contributed by atoms with Crippen molar-refractivity contribution in [2.75, 3.05) is 0 Å². The maximum absolute atomic E-state index is 5.86. The van der Waals surface area contributed by atoms with Crippen molar-refractivity contribution in [1.82, 2.24) is 10.2 Å². The maximum atomic E-state index is 5.86. The highest BCUT2D eigenvalue weighted by molar-refractivity contribution is 7.99. The quantitative estimate of drug-likeness (QED) is 0.936. The molecule has 3 nitrogen and oxygen atoms in total. The summed E-state index contributed by atoms with van der Waals surface area (Å²) in [7, 11) is 0. The van der Waals surface area contributed by atoms with Crippen LogP contribution in [-0.4, -0.2) is 10.2 Å². The van der Waals surface area contributed by atoms with Gasteiger partial charge in [0.15, 0.2) is 0 Å². The molecule has 0 spiro atoms. The summed E-state index contributed by atoms with van der Waals surface area (Å²) >= 11 is 7.42. The lowest BCUT2D eigenvalue weighted by molar-refractivity contribution is 0.825. The van der Waals surface area contributed by atoms with Gasteiger partial charge in [-0.15, -0.1) is 5.10 Å². The van der Waals surface area contributed by atoms with E-state index in [0.29, 0.717) is 6.54 Å². The first-order valence-electron chi connectivity index (χ1n) is 5.58. The largest absolute Gasteiger partial charge is 0.326 e. The van der Waals surface area contributed by atoms with E-state index in [1.54, 1.807) is 11.8 Å². The Morgan fingerprint density at radius 2 is 1.83 bits per heavy atom. The number of hydrogen-bond donors (Lipinski definition) is 1. The molecule has 0 saturated heterocycles. The van der Waals surface area contributed by atoms with Crippen LogP contribution in [0.2, 0.25) is 5.02 Å². The van der Waals surface area contributed by atoms with Crippen molar-refractivity contribution in [1.29, 1.82) is 0 Å². The summed E-state index contributed by atoms with van der Waals surface area (Å²) in [6, 6.07) is 7.65. The Hall–Kier alpha value is -1.10. The Kier molecular flexibility index (Phi) is 4.22. The van der Waals surface area contributed by atoms with Gasteiger partial charge in [-0.25, -0.2) is 0 Å². The second-order valence-corrected chi connectivity index (χ2v) is 5.45. The first-order valence-corrected chi connectivity index (χ1v) is 6.77. The fourth-order valence-electron chi connectivity index (χ4n) is 1.57. The van der Waals surface area contributed by atoms with Crippen LogP contribution in [0.4, 0.5) is 0 Å². The first kappa shape index (κ1) is 13.3. The zero-order valence-corrected chi connectivity index (χ0v) is 11.8. The van der Waals surface area contributed by atoms with E-state index in [1.807, 2.05) is 38.1 Å². The van der Waals surface area contributed by atoms with E-state index in [9.17, 15) is 0 Å². The molecule has 0 fully saturated rings. The molecule has 0 saturated carbocycles. The van der Waals surface area contributed by atoms with E-state index in [2.05, 4.69) is 10.2 Å². The molecule has 0 radical (unpaired) electrons. The van der Waals surface area contributed by atoms with Gasteiger partial charge in [-0.05, 0) is 43.7 Å². The molecule has 0 bridgehead atoms. The van der Waals surface area contributed by atoms with Gasteiger partial charge in [0.2, 0.25) is 0 Å². The average molecular weight is 280 g/mol. The minimum atomic E-state index is 0.470. The molecule has 18 heavy (non-hydrogen) atoms. The molecule has 1 aromatic carbocycles. The lowest BCUT2D eigenvalue weighted by Crippen LogP contribution is -2.06. The number of halogens is 1. The topological polar surface area (TPSA) is 51.8 Å². The average Bonchev–Trinajstić information content (AvgIpc) is 2.37. The van der Waals surface area contributed by atoms with E-state index in [4.69, 9.17) is 17.3 Å². The molecule has 0 unspecified atom stereocenters. The molecule has 94 valence electrons. The third-order valence-electron chi connectivity index (χ3n) is 2.78. The molecule has 0 aliphatic heterocycles. The van der Waals surface area contributed by atoms with E-state index >= 15 is 0 Å². The van der Waals surface area contributed by atoms with Gasteiger partial charge in [0, 0.05) is 22.0 Å². The van der Waals surface area contributed by atoms with Crippen molar-refractivity contribution >= 4 is 23.4 Å². The fourth-order valence-corrected chi connectivity index (χ4v) is 2.63. The van der Waals surface area contributed by atoms with Crippen molar-refractivity contribution in [3.8, 4) is 0 Å². The SMILES string of the molecule is Cc1nnc(Sc2ccc(Cl)cc2)c(CN)c1C. The molecular formula is C13H14ClN3S. The van der Waals surface area contributed by atoms with Crippen LogP contribution < -0.4 is 5.73 Å². The Morgan fingerprint density at radius 3 is 2.44 bits per heavy atom. The summed E-state index contributed by atoms with van der Waals surface area (Å²) in [5.74, 6) is 0. The molecule has 1 heterocycles. The predicted molar refractivity (Wildman–Crippen MR) is 75.0 cm³/mol. The molecule has 0 aliphatic rings. The van der Waals surface area contributed by atoms with Crippen LogP contribution in [-0.2, 0) is 6.54 Å². The van der Waals surface area contributed by atoms with Crippen molar-refractivity contribution in [2.24, 2.45) is 5.73 Å². The summed E-state index contributed by atoms with van der Waals surface area (Å²) in [6.07, 6.45) is 0. The summed E-state index contributed by atoms with van der Waals surface area (Å²) in [5, 5.41) is 9.97. The van der Waals surface area contributed by atoms with E-state index in [0.717, 1.165) is 31.8 Å². The van der Waals surface area contributed by atoms with Crippen LogP contribution in [0.1, 0.15) is 16.8 Å². The number of hydrogen-bond acceptors (Lipinski definition) is 4. The highest BCUT2D eigenvalue weighted by Gasteiger charge is 2.11. The molecule has 2 aromatic rings. The fraction of sp³-hybridized carbons (Fsp3) is 0.231. The number of aromatic nitrogens is 2. The predicted octanol–water partition coefficient (Wildman–Crippen LogP) is 3.36. The van der Waals surface area contributed by atoms with Crippen LogP contribution in [0, 0.1) is 13.8 Å². The molecule has 0 atom stereocenters. The molecule has 1 aromatic heterocycles. The number of rotatable bonds is 3. The van der Waals surface area contributed by atoms with Gasteiger partial charge < -0.3 is 5.73 Å². The Balaban J connectivity index is 2.34. The molecule has 2 rings (SSSR count). The molecule has 0 aliphatic carbocycles. The van der Waals surface area contributed by atoms with Crippen molar-refractivity contribution in [3.63, 3.8) is 0 Å². The molecule has 0 amide bonds. The molecular weight excluding hydrogens is 266 g/mol. The third-order valence-corrected chi connectivity index (χ3v) is 4.06. The number of nitrogens with two attached hydrogens (primary N) is 1. The van der Waals surface area contributed by atoms with Gasteiger partial charge in [0.1, 0.15) is 5.03 Å². The van der Waals surface area contributed by atoms with Gasteiger partial charge in [-0.2, -0.15) is 5.10 Å². The van der Waals surface area contributed by atoms with Crippen LogP contribution in [0.5, 0.6) is 0 Å². The van der Waals surface area contributed by atoms with Gasteiger partial charge in [-0.1, -0.05) is 23.4 Å². The van der Waals surface area contributed by atoms with Crippen LogP contribution in [0.3, 0.4) is 0 Å². The smallest absolute Gasteiger partial charge is 0.128 e. The normalized spacial score (nSPS) is 10.7. The van der Waals surface area contributed by atoms with E-state index in [1.165, 1.54) is 0 Å². The van der Waals surface area contributed by atoms with E-state index in [-0.39, 0.29) is 0 Å². The highest BCUT2D eigenvalue weighted by Crippen LogP contribution is 2.30. The molecule has 5 heteroatoms. The zero-order chi connectivity index (χ0) is 13.1. The third kappa shape index (κ3) is 2.83. The minimum Gasteiger partial charge on any atom is -0.326 e. The van der Waals surface area contributed by atoms with Crippen LogP contribution in [0.15, 0.2) is 34.2 Å². The highest BCUT2D eigenvalue weighted by atomic mass is 35.5. The Bertz CT molecular complexity index is 555.